The first-order valence-corrected chi connectivity index (χ1v) is 1.71. The van der Waals surface area contributed by atoms with Crippen molar-refractivity contribution in [2.75, 3.05) is 0 Å². The van der Waals surface area contributed by atoms with Crippen LogP contribution in [-0.2, 0) is 53.7 Å². The van der Waals surface area contributed by atoms with Crippen molar-refractivity contribution in [3.63, 3.8) is 0 Å². The Labute approximate surface area is 69.2 Å². The Morgan fingerprint density at radius 1 is 1.20 bits per heavy atom. The minimum absolute atomic E-state index is 0. The van der Waals surface area contributed by atoms with Crippen LogP contribution in [-0.4, -0.2) is 16.2 Å². The Morgan fingerprint density at radius 2 is 1.20 bits per heavy atom. The van der Waals surface area contributed by atoms with E-state index in [1.807, 2.05) is 0 Å². The molecule has 0 rings (SSSR count). The molecule has 0 aromatic heterocycles. The molecule has 0 unspecified atom stereocenters. The average Bonchev–Trinajstić information content (AvgIpc) is 1.50. The van der Waals surface area contributed by atoms with Crippen LogP contribution in [0.2, 0.25) is 0 Å². The summed E-state index contributed by atoms with van der Waals surface area (Å²) in [5.41, 5.74) is 0. The van der Waals surface area contributed by atoms with Gasteiger partial charge >= 0.3 is 43.8 Å². The summed E-state index contributed by atoms with van der Waals surface area (Å²) in [4.78, 5) is 0. The summed E-state index contributed by atoms with van der Waals surface area (Å²) in [6.07, 6.45) is 0. The van der Waals surface area contributed by atoms with Crippen LogP contribution in [0.5, 0.6) is 0 Å². The molecular formula is HAlO2TiZr. The third-order valence-electron chi connectivity index (χ3n) is 0. The van der Waals surface area contributed by atoms with Crippen molar-refractivity contribution in [3.05, 3.63) is 0 Å². The van der Waals surface area contributed by atoms with Gasteiger partial charge in [0.05, 0.1) is 0 Å². The van der Waals surface area contributed by atoms with E-state index in [4.69, 9.17) is 7.13 Å². The Kier molecular flexibility index (Phi) is 136. The van der Waals surface area contributed by atoms with Crippen LogP contribution >= 0.6 is 0 Å². The molecule has 0 aliphatic carbocycles. The molecule has 5 heteroatoms. The first-order valence-electron chi connectivity index (χ1n) is 0.493. The summed E-state index contributed by atoms with van der Waals surface area (Å²) in [5.74, 6) is 0. The van der Waals surface area contributed by atoms with Crippen molar-refractivity contribution in [2.45, 2.75) is 0 Å². The van der Waals surface area contributed by atoms with Crippen LogP contribution in [0.25, 0.3) is 0 Å². The van der Waals surface area contributed by atoms with Gasteiger partial charge < -0.3 is 0 Å². The molecule has 5 heavy (non-hydrogen) atoms. The normalized spacial score (nSPS) is 1.20. The maximum absolute atomic E-state index is 8.28. The van der Waals surface area contributed by atoms with Gasteiger partial charge in [0.15, 0.2) is 0 Å². The fourth-order valence-corrected chi connectivity index (χ4v) is 0. The van der Waals surface area contributed by atoms with E-state index in [9.17, 15) is 0 Å². The Hall–Kier alpha value is 1.73. The predicted octanol–water partition coefficient (Wildman–Crippen LogP) is -0.891. The van der Waals surface area contributed by atoms with Gasteiger partial charge in [0.25, 0.3) is 0 Å². The van der Waals surface area contributed by atoms with E-state index in [0.29, 0.717) is 16.2 Å². The van der Waals surface area contributed by atoms with Crippen molar-refractivity contribution >= 4 is 16.2 Å². The van der Waals surface area contributed by atoms with Crippen LogP contribution in [0.1, 0.15) is 0 Å². The van der Waals surface area contributed by atoms with E-state index in [-0.39, 0.29) is 26.2 Å². The van der Waals surface area contributed by atoms with Crippen molar-refractivity contribution in [3.8, 4) is 0 Å². The zero-order valence-electron chi connectivity index (χ0n) is 2.52. The summed E-state index contributed by atoms with van der Waals surface area (Å²) in [5, 5.41) is 0. The minimum atomic E-state index is 0. The third-order valence-corrected chi connectivity index (χ3v) is 0. The van der Waals surface area contributed by atoms with Gasteiger partial charge in [-0.15, -0.1) is 0 Å². The Balaban J connectivity index is -0.0000000133. The molecule has 0 aliphatic heterocycles. The monoisotopic (exact) mass is 198 g/mol. The van der Waals surface area contributed by atoms with E-state index >= 15 is 0 Å². The molecule has 0 atom stereocenters. The van der Waals surface area contributed by atoms with Crippen LogP contribution in [0, 0.1) is 0 Å². The molecule has 0 spiro atoms. The van der Waals surface area contributed by atoms with E-state index in [2.05, 4.69) is 0 Å². The van der Waals surface area contributed by atoms with Crippen molar-refractivity contribution in [1.29, 1.82) is 0 Å². The zero-order chi connectivity index (χ0) is 4.00. The molecule has 24 valence electrons. The van der Waals surface area contributed by atoms with Gasteiger partial charge in [-0.3, -0.25) is 0 Å². The molecule has 0 saturated carbocycles. The van der Waals surface area contributed by atoms with Gasteiger partial charge in [-0.05, 0) is 0 Å². The maximum Gasteiger partial charge on any atom is 0 e. The molecule has 0 saturated heterocycles. The first-order chi connectivity index (χ1) is 2.00. The van der Waals surface area contributed by atoms with E-state index < -0.39 is 0 Å². The second kappa shape index (κ2) is 42.8. The zero-order valence-corrected chi connectivity index (χ0v) is 7.96. The molecular weight excluding hydrogens is 198 g/mol. The second-order valence-electron chi connectivity index (χ2n) is 0. The van der Waals surface area contributed by atoms with Crippen LogP contribution in [0.4, 0.5) is 0 Å². The second-order valence-corrected chi connectivity index (χ2v) is 0. The fourth-order valence-electron chi connectivity index (χ4n) is 0. The van der Waals surface area contributed by atoms with E-state index in [1.165, 1.54) is 0 Å². The average molecular weight is 199 g/mol. The summed E-state index contributed by atoms with van der Waals surface area (Å²) < 4.78 is 16.5. The van der Waals surface area contributed by atoms with E-state index in [0.717, 1.165) is 20.4 Å². The molecule has 0 aromatic carbocycles. The minimum Gasteiger partial charge on any atom is 0 e. The van der Waals surface area contributed by atoms with Crippen LogP contribution in [0.3, 0.4) is 0 Å². The number of rotatable bonds is 0. The van der Waals surface area contributed by atoms with Gasteiger partial charge in [0.2, 0.25) is 0 Å². The van der Waals surface area contributed by atoms with Gasteiger partial charge in [0.1, 0.15) is 0 Å². The largest absolute Gasteiger partial charge is 0 e. The third kappa shape index (κ3) is 26.6. The van der Waals surface area contributed by atoms with Crippen molar-refractivity contribution in [1.82, 2.24) is 0 Å². The van der Waals surface area contributed by atoms with Crippen molar-refractivity contribution < 1.29 is 53.7 Å². The fraction of sp³-hybridized carbons (Fsp3) is 0. The molecule has 0 heterocycles. The number of hydrogen-bond acceptors (Lipinski definition) is 2. The van der Waals surface area contributed by atoms with Gasteiger partial charge in [-0.25, -0.2) is 0 Å². The molecule has 0 N–H and O–H groups in total. The summed E-state index contributed by atoms with van der Waals surface area (Å²) >= 11 is 1.36. The summed E-state index contributed by atoms with van der Waals surface area (Å²) in [6.45, 7) is 0. The molecule has 0 radical (unpaired) electrons. The Bertz CT molecular complexity index is 11.6. The molecule has 0 amide bonds. The van der Waals surface area contributed by atoms with E-state index in [1.54, 1.807) is 0 Å². The smallest absolute Gasteiger partial charge is 0 e. The molecule has 0 fully saturated rings. The van der Waals surface area contributed by atoms with Crippen LogP contribution in [0.15, 0.2) is 0 Å². The van der Waals surface area contributed by atoms with Crippen LogP contribution < -0.4 is 0 Å². The van der Waals surface area contributed by atoms with Gasteiger partial charge in [0, 0.05) is 26.2 Å². The Morgan fingerprint density at radius 3 is 1.20 bits per heavy atom. The standard InChI is InChI=1S/Al.2O.Ti.Zr.H. The summed E-state index contributed by atoms with van der Waals surface area (Å²) in [6, 6.07) is 0. The topological polar surface area (TPSA) is 34.1 Å². The summed E-state index contributed by atoms with van der Waals surface area (Å²) in [7, 11) is 0. The van der Waals surface area contributed by atoms with Gasteiger partial charge in [-0.2, -0.15) is 0 Å². The van der Waals surface area contributed by atoms with Crippen molar-refractivity contribution in [2.24, 2.45) is 0 Å². The predicted molar refractivity (Wildman–Crippen MR) is 8.52 cm³/mol. The maximum atomic E-state index is 8.28. The van der Waals surface area contributed by atoms with Gasteiger partial charge in [-0.1, -0.05) is 0 Å². The molecule has 0 aromatic rings. The molecule has 0 bridgehead atoms. The first kappa shape index (κ1) is 15.9. The quantitative estimate of drug-likeness (QED) is 0.474. The number of hydrogen-bond donors (Lipinski definition) is 0. The molecule has 0 aliphatic rings. The SMILES string of the molecule is [O]=[AlH].[O]=[Ti].[Zr]. The molecule has 2 nitrogen and oxygen atoms in total.